The Hall–Kier alpha value is -3.15. The molecule has 26 heavy (non-hydrogen) atoms. The first-order chi connectivity index (χ1) is 12.5. The monoisotopic (exact) mass is 354 g/mol. The number of benzene rings is 2. The Kier molecular flexibility index (Phi) is 3.76. The van der Waals surface area contributed by atoms with E-state index in [-0.39, 0.29) is 5.52 Å². The fourth-order valence-electron chi connectivity index (χ4n) is 2.98. The van der Waals surface area contributed by atoms with Gasteiger partial charge < -0.3 is 4.74 Å². The van der Waals surface area contributed by atoms with E-state index in [1.54, 1.807) is 13.2 Å². The minimum absolute atomic E-state index is 0.254. The molecule has 2 aromatic heterocycles. The fourth-order valence-corrected chi connectivity index (χ4v) is 2.98. The molecule has 4 aromatic rings. The molecule has 0 spiro atoms. The number of methoxy groups -OCH3 is 1. The van der Waals surface area contributed by atoms with Crippen molar-refractivity contribution in [3.05, 3.63) is 66.5 Å². The lowest BCUT2D eigenvalue weighted by atomic mass is 10.0. The Morgan fingerprint density at radius 1 is 0.885 bits per heavy atom. The van der Waals surface area contributed by atoms with Crippen molar-refractivity contribution in [2.24, 2.45) is 0 Å². The summed E-state index contributed by atoms with van der Waals surface area (Å²) >= 11 is 0. The van der Waals surface area contributed by atoms with E-state index in [0.717, 1.165) is 22.4 Å². The number of nitrogens with zero attached hydrogens (tertiary/aromatic N) is 2. The summed E-state index contributed by atoms with van der Waals surface area (Å²) in [7, 11) is 1.56. The summed E-state index contributed by atoms with van der Waals surface area (Å²) in [5.74, 6) is 0.649. The van der Waals surface area contributed by atoms with Crippen LogP contribution < -0.4 is 4.74 Å². The fraction of sp³-hybridized carbons (Fsp3) is 0.100. The summed E-state index contributed by atoms with van der Waals surface area (Å²) in [6.07, 6.45) is -3.29. The zero-order valence-corrected chi connectivity index (χ0v) is 13.7. The number of fused-ring (bicyclic) bond motifs is 3. The van der Waals surface area contributed by atoms with Crippen LogP contribution in [0, 0.1) is 0 Å². The maximum absolute atomic E-state index is 13.0. The molecule has 0 saturated heterocycles. The molecule has 0 aliphatic rings. The first-order valence-corrected chi connectivity index (χ1v) is 7.87. The zero-order valence-electron chi connectivity index (χ0n) is 13.7. The highest BCUT2D eigenvalue weighted by molar-refractivity contribution is 6.11. The quantitative estimate of drug-likeness (QED) is 0.447. The van der Waals surface area contributed by atoms with Gasteiger partial charge in [-0.15, -0.1) is 0 Å². The van der Waals surface area contributed by atoms with E-state index < -0.39 is 11.9 Å². The Balaban J connectivity index is 2.10. The van der Waals surface area contributed by atoms with Crippen molar-refractivity contribution in [1.29, 1.82) is 0 Å². The van der Waals surface area contributed by atoms with Crippen molar-refractivity contribution < 1.29 is 17.9 Å². The lowest BCUT2D eigenvalue weighted by molar-refractivity contribution is -0.141. The van der Waals surface area contributed by atoms with Crippen molar-refractivity contribution in [3.63, 3.8) is 0 Å². The topological polar surface area (TPSA) is 35.0 Å². The van der Waals surface area contributed by atoms with E-state index in [9.17, 15) is 13.2 Å². The molecule has 3 nitrogen and oxygen atoms in total. The van der Waals surface area contributed by atoms with E-state index >= 15 is 0 Å². The number of hydrogen-bond donors (Lipinski definition) is 0. The molecule has 0 N–H and O–H groups in total. The standard InChI is InChI=1S/C20H13F3N2O/c1-26-13-7-8-14-15(9-13)19(12-5-3-2-4-6-12)25-17-10-18(20(21,22)23)24-11-16(14)17/h2-11H,1H3. The molecule has 0 radical (unpaired) electrons. The van der Waals surface area contributed by atoms with E-state index in [0.29, 0.717) is 16.8 Å². The summed E-state index contributed by atoms with van der Waals surface area (Å²) in [5, 5.41) is 2.14. The summed E-state index contributed by atoms with van der Waals surface area (Å²) in [5.41, 5.74) is 0.720. The van der Waals surface area contributed by atoms with Crippen molar-refractivity contribution in [3.8, 4) is 17.0 Å². The number of halogens is 3. The Bertz CT molecular complexity index is 1110. The molecule has 0 bridgehead atoms. The lowest BCUT2D eigenvalue weighted by Gasteiger charge is -2.12. The lowest BCUT2D eigenvalue weighted by Crippen LogP contribution is -2.07. The van der Waals surface area contributed by atoms with Gasteiger partial charge in [0, 0.05) is 22.5 Å². The molecule has 2 heterocycles. The third-order valence-electron chi connectivity index (χ3n) is 4.22. The normalized spacial score (nSPS) is 11.8. The summed E-state index contributed by atoms with van der Waals surface area (Å²) in [6.45, 7) is 0. The largest absolute Gasteiger partial charge is 0.497 e. The van der Waals surface area contributed by atoms with Crippen LogP contribution in [0.5, 0.6) is 5.75 Å². The average Bonchev–Trinajstić information content (AvgIpc) is 2.66. The molecule has 0 atom stereocenters. The molecule has 0 fully saturated rings. The van der Waals surface area contributed by atoms with Gasteiger partial charge in [-0.05, 0) is 29.7 Å². The van der Waals surface area contributed by atoms with Gasteiger partial charge in [0.25, 0.3) is 0 Å². The molecule has 0 saturated carbocycles. The van der Waals surface area contributed by atoms with Crippen LogP contribution >= 0.6 is 0 Å². The molecule has 4 rings (SSSR count). The Labute approximate surface area is 147 Å². The minimum Gasteiger partial charge on any atom is -0.497 e. The highest BCUT2D eigenvalue weighted by Crippen LogP contribution is 2.36. The third kappa shape index (κ3) is 2.73. The minimum atomic E-state index is -4.52. The number of pyridine rings is 2. The van der Waals surface area contributed by atoms with Gasteiger partial charge in [-0.3, -0.25) is 4.98 Å². The molecular formula is C20H13F3N2O. The van der Waals surface area contributed by atoms with Crippen LogP contribution in [0.3, 0.4) is 0 Å². The van der Waals surface area contributed by atoms with Crippen molar-refractivity contribution in [1.82, 2.24) is 9.97 Å². The molecule has 0 unspecified atom stereocenters. The van der Waals surface area contributed by atoms with Gasteiger partial charge in [0.2, 0.25) is 0 Å². The molecule has 2 aromatic carbocycles. The number of ether oxygens (including phenoxy) is 1. The van der Waals surface area contributed by atoms with Crippen LogP contribution in [-0.2, 0) is 6.18 Å². The van der Waals surface area contributed by atoms with Crippen LogP contribution in [0.1, 0.15) is 5.69 Å². The number of alkyl halides is 3. The second kappa shape index (κ2) is 5.98. The summed E-state index contributed by atoms with van der Waals surface area (Å²) in [6, 6.07) is 15.8. The predicted molar refractivity (Wildman–Crippen MR) is 94.0 cm³/mol. The van der Waals surface area contributed by atoms with Gasteiger partial charge in [-0.25, -0.2) is 4.98 Å². The van der Waals surface area contributed by atoms with Gasteiger partial charge in [0.05, 0.1) is 18.3 Å². The second-order valence-electron chi connectivity index (χ2n) is 5.82. The number of aromatic nitrogens is 2. The molecule has 0 amide bonds. The molecule has 0 aliphatic heterocycles. The smallest absolute Gasteiger partial charge is 0.433 e. The van der Waals surface area contributed by atoms with Gasteiger partial charge in [-0.1, -0.05) is 30.3 Å². The Morgan fingerprint density at radius 2 is 1.65 bits per heavy atom. The van der Waals surface area contributed by atoms with Crippen LogP contribution in [-0.4, -0.2) is 17.1 Å². The van der Waals surface area contributed by atoms with E-state index in [1.165, 1.54) is 6.20 Å². The maximum Gasteiger partial charge on any atom is 0.433 e. The van der Waals surface area contributed by atoms with E-state index in [4.69, 9.17) is 4.74 Å². The van der Waals surface area contributed by atoms with Crippen molar-refractivity contribution >= 4 is 21.7 Å². The maximum atomic E-state index is 13.0. The molecule has 0 aliphatic carbocycles. The highest BCUT2D eigenvalue weighted by atomic mass is 19.4. The van der Waals surface area contributed by atoms with Crippen LogP contribution in [0.25, 0.3) is 32.9 Å². The molecular weight excluding hydrogens is 341 g/mol. The first-order valence-electron chi connectivity index (χ1n) is 7.87. The molecule has 130 valence electrons. The van der Waals surface area contributed by atoms with Gasteiger partial charge in [0.15, 0.2) is 0 Å². The van der Waals surface area contributed by atoms with E-state index in [1.807, 2.05) is 42.5 Å². The highest BCUT2D eigenvalue weighted by Gasteiger charge is 2.32. The van der Waals surface area contributed by atoms with Crippen LogP contribution in [0.2, 0.25) is 0 Å². The van der Waals surface area contributed by atoms with Crippen molar-refractivity contribution in [2.75, 3.05) is 7.11 Å². The Morgan fingerprint density at radius 3 is 2.35 bits per heavy atom. The number of hydrogen-bond acceptors (Lipinski definition) is 3. The second-order valence-corrected chi connectivity index (χ2v) is 5.82. The van der Waals surface area contributed by atoms with Gasteiger partial charge in [0.1, 0.15) is 11.4 Å². The summed E-state index contributed by atoms with van der Waals surface area (Å²) < 4.78 is 44.4. The molecule has 6 heteroatoms. The van der Waals surface area contributed by atoms with Gasteiger partial charge in [-0.2, -0.15) is 13.2 Å². The van der Waals surface area contributed by atoms with Crippen LogP contribution in [0.4, 0.5) is 13.2 Å². The third-order valence-corrected chi connectivity index (χ3v) is 4.22. The average molecular weight is 354 g/mol. The first kappa shape index (κ1) is 16.3. The SMILES string of the molecule is COc1ccc2c(c1)c(-c1ccccc1)nc1cc(C(F)(F)F)ncc12. The van der Waals surface area contributed by atoms with E-state index in [2.05, 4.69) is 9.97 Å². The van der Waals surface area contributed by atoms with Gasteiger partial charge >= 0.3 is 6.18 Å². The summed E-state index contributed by atoms with van der Waals surface area (Å²) in [4.78, 5) is 8.10. The van der Waals surface area contributed by atoms with Crippen LogP contribution in [0.15, 0.2) is 60.8 Å². The van der Waals surface area contributed by atoms with Crippen molar-refractivity contribution in [2.45, 2.75) is 6.18 Å². The predicted octanol–water partition coefficient (Wildman–Crippen LogP) is 5.48. The number of rotatable bonds is 2. The zero-order chi connectivity index (χ0) is 18.3.